The summed E-state index contributed by atoms with van der Waals surface area (Å²) in [6, 6.07) is 4.03. The summed E-state index contributed by atoms with van der Waals surface area (Å²) in [5.41, 5.74) is 1.10. The molecule has 3 aromatic heterocycles. The van der Waals surface area contributed by atoms with Crippen LogP contribution in [-0.2, 0) is 11.2 Å². The van der Waals surface area contributed by atoms with Crippen LogP contribution >= 0.6 is 22.7 Å². The van der Waals surface area contributed by atoms with Crippen molar-refractivity contribution in [1.29, 1.82) is 0 Å². The van der Waals surface area contributed by atoms with Crippen LogP contribution in [0.3, 0.4) is 0 Å². The Morgan fingerprint density at radius 1 is 1.35 bits per heavy atom. The normalized spacial score (nSPS) is 12.0. The monoisotopic (exact) mass is 348 g/mol. The van der Waals surface area contributed by atoms with E-state index >= 15 is 0 Å². The molecule has 1 amide bonds. The average Bonchev–Trinajstić information content (AvgIpc) is 3.12. The van der Waals surface area contributed by atoms with E-state index in [0.29, 0.717) is 13.0 Å². The van der Waals surface area contributed by atoms with Crippen LogP contribution in [0, 0.1) is 5.41 Å². The third-order valence-corrected chi connectivity index (χ3v) is 5.02. The summed E-state index contributed by atoms with van der Waals surface area (Å²) in [6.07, 6.45) is 1.29. The molecule has 0 aliphatic carbocycles. The van der Waals surface area contributed by atoms with Crippen LogP contribution in [0.5, 0.6) is 0 Å². The highest BCUT2D eigenvalue weighted by Gasteiger charge is 2.16. The number of thiophene rings is 1. The van der Waals surface area contributed by atoms with Crippen molar-refractivity contribution in [3.05, 3.63) is 28.6 Å². The standard InChI is InChI=1S/C16H20N4OS2/c1-16(2,3)9-13(21)17-7-6-11-10-23-15-18-14(19-20(11)15)12-5-4-8-22-12/h4-5,8,10H,6-7,9H2,1-3H3,(H,17,21). The molecule has 0 atom stereocenters. The maximum absolute atomic E-state index is 11.9. The number of carbonyl (C=O) groups is 1. The van der Waals surface area contributed by atoms with Crippen molar-refractivity contribution < 1.29 is 4.79 Å². The van der Waals surface area contributed by atoms with Gasteiger partial charge in [0.1, 0.15) is 0 Å². The summed E-state index contributed by atoms with van der Waals surface area (Å²) < 4.78 is 1.88. The van der Waals surface area contributed by atoms with E-state index in [2.05, 4.69) is 41.6 Å². The Morgan fingerprint density at radius 3 is 2.87 bits per heavy atom. The molecule has 0 bridgehead atoms. The van der Waals surface area contributed by atoms with E-state index in [9.17, 15) is 4.79 Å². The van der Waals surface area contributed by atoms with Crippen LogP contribution in [0.15, 0.2) is 22.9 Å². The van der Waals surface area contributed by atoms with E-state index in [1.807, 2.05) is 22.0 Å². The van der Waals surface area contributed by atoms with Gasteiger partial charge in [0, 0.05) is 24.8 Å². The molecule has 0 saturated carbocycles. The molecule has 5 nitrogen and oxygen atoms in total. The predicted octanol–water partition coefficient (Wildman–Crippen LogP) is 3.61. The van der Waals surface area contributed by atoms with Crippen molar-refractivity contribution >= 4 is 33.5 Å². The van der Waals surface area contributed by atoms with Crippen LogP contribution in [0.1, 0.15) is 32.9 Å². The minimum Gasteiger partial charge on any atom is -0.356 e. The summed E-state index contributed by atoms with van der Waals surface area (Å²) >= 11 is 3.22. The summed E-state index contributed by atoms with van der Waals surface area (Å²) in [4.78, 5) is 18.4. The molecule has 23 heavy (non-hydrogen) atoms. The Bertz CT molecular complexity index is 796. The minimum atomic E-state index is 0.0151. The van der Waals surface area contributed by atoms with Crippen LogP contribution in [-0.4, -0.2) is 27.0 Å². The quantitative estimate of drug-likeness (QED) is 0.766. The molecule has 3 aromatic rings. The van der Waals surface area contributed by atoms with Crippen LogP contribution in [0.25, 0.3) is 15.7 Å². The van der Waals surface area contributed by atoms with Crippen molar-refractivity contribution in [3.8, 4) is 10.7 Å². The Labute approximate surface area is 143 Å². The Kier molecular flexibility index (Phi) is 4.50. The van der Waals surface area contributed by atoms with Gasteiger partial charge in [0.2, 0.25) is 10.9 Å². The molecule has 3 heterocycles. The number of carbonyl (C=O) groups excluding carboxylic acids is 1. The molecule has 122 valence electrons. The van der Waals surface area contributed by atoms with E-state index in [1.165, 1.54) is 0 Å². The van der Waals surface area contributed by atoms with Gasteiger partial charge in [-0.2, -0.15) is 4.98 Å². The lowest BCUT2D eigenvalue weighted by Gasteiger charge is -2.17. The second-order valence-electron chi connectivity index (χ2n) is 6.67. The number of hydrogen-bond donors (Lipinski definition) is 1. The van der Waals surface area contributed by atoms with Crippen molar-refractivity contribution in [2.75, 3.05) is 6.54 Å². The van der Waals surface area contributed by atoms with Crippen molar-refractivity contribution in [2.24, 2.45) is 5.41 Å². The third kappa shape index (κ3) is 3.97. The van der Waals surface area contributed by atoms with Crippen LogP contribution in [0.2, 0.25) is 0 Å². The fourth-order valence-electron chi connectivity index (χ4n) is 2.28. The zero-order chi connectivity index (χ0) is 16.4. The molecule has 0 fully saturated rings. The molecule has 3 rings (SSSR count). The Balaban J connectivity index is 1.63. The van der Waals surface area contributed by atoms with E-state index in [0.717, 1.165) is 27.8 Å². The summed E-state index contributed by atoms with van der Waals surface area (Å²) in [5.74, 6) is 0.867. The van der Waals surface area contributed by atoms with E-state index in [-0.39, 0.29) is 11.3 Å². The van der Waals surface area contributed by atoms with Crippen molar-refractivity contribution in [2.45, 2.75) is 33.6 Å². The molecule has 7 heteroatoms. The minimum absolute atomic E-state index is 0.0151. The molecule has 0 radical (unpaired) electrons. The summed E-state index contributed by atoms with van der Waals surface area (Å²) in [5, 5.41) is 11.7. The highest BCUT2D eigenvalue weighted by Crippen LogP contribution is 2.24. The van der Waals surface area contributed by atoms with E-state index in [4.69, 9.17) is 0 Å². The number of nitrogens with one attached hydrogen (secondary N) is 1. The predicted molar refractivity (Wildman–Crippen MR) is 95.0 cm³/mol. The Hall–Kier alpha value is -1.73. The molecule has 0 aliphatic heterocycles. The SMILES string of the molecule is CC(C)(C)CC(=O)NCCc1csc2nc(-c3cccs3)nn12. The van der Waals surface area contributed by atoms with Gasteiger partial charge in [-0.15, -0.1) is 27.8 Å². The van der Waals surface area contributed by atoms with E-state index in [1.54, 1.807) is 22.7 Å². The average molecular weight is 348 g/mol. The number of thiazole rings is 1. The van der Waals surface area contributed by atoms with Gasteiger partial charge in [0.15, 0.2) is 5.82 Å². The van der Waals surface area contributed by atoms with Gasteiger partial charge in [0.25, 0.3) is 0 Å². The second-order valence-corrected chi connectivity index (χ2v) is 8.46. The largest absolute Gasteiger partial charge is 0.356 e. The fraction of sp³-hybridized carbons (Fsp3) is 0.438. The number of aromatic nitrogens is 3. The zero-order valence-corrected chi connectivity index (χ0v) is 15.1. The first-order chi connectivity index (χ1) is 10.9. The van der Waals surface area contributed by atoms with Gasteiger partial charge in [-0.1, -0.05) is 26.8 Å². The van der Waals surface area contributed by atoms with Gasteiger partial charge < -0.3 is 5.32 Å². The molecule has 1 N–H and O–H groups in total. The van der Waals surface area contributed by atoms with E-state index < -0.39 is 0 Å². The molecule has 0 aliphatic rings. The third-order valence-electron chi connectivity index (χ3n) is 3.29. The molecular weight excluding hydrogens is 328 g/mol. The lowest BCUT2D eigenvalue weighted by Crippen LogP contribution is -2.29. The van der Waals surface area contributed by atoms with Gasteiger partial charge in [-0.05, 0) is 16.9 Å². The first-order valence-electron chi connectivity index (χ1n) is 7.56. The first-order valence-corrected chi connectivity index (χ1v) is 9.32. The summed E-state index contributed by atoms with van der Waals surface area (Å²) in [6.45, 7) is 6.82. The van der Waals surface area contributed by atoms with Gasteiger partial charge in [-0.3, -0.25) is 4.79 Å². The highest BCUT2D eigenvalue weighted by atomic mass is 32.1. The highest BCUT2D eigenvalue weighted by molar-refractivity contribution is 7.15. The molecule has 0 unspecified atom stereocenters. The number of nitrogens with zero attached hydrogens (tertiary/aromatic N) is 3. The maximum atomic E-state index is 11.9. The molecular formula is C16H20N4OS2. The molecule has 0 spiro atoms. The topological polar surface area (TPSA) is 59.3 Å². The van der Waals surface area contributed by atoms with Gasteiger partial charge in [0.05, 0.1) is 10.6 Å². The van der Waals surface area contributed by atoms with Crippen molar-refractivity contribution in [1.82, 2.24) is 19.9 Å². The van der Waals surface area contributed by atoms with Crippen LogP contribution < -0.4 is 5.32 Å². The second kappa shape index (κ2) is 6.41. The maximum Gasteiger partial charge on any atom is 0.220 e. The lowest BCUT2D eigenvalue weighted by atomic mass is 9.92. The number of rotatable bonds is 5. The van der Waals surface area contributed by atoms with Gasteiger partial charge in [-0.25, -0.2) is 4.52 Å². The first kappa shape index (κ1) is 16.1. The fourth-order valence-corrected chi connectivity index (χ4v) is 3.79. The van der Waals surface area contributed by atoms with Gasteiger partial charge >= 0.3 is 0 Å². The number of hydrogen-bond acceptors (Lipinski definition) is 5. The number of fused-ring (bicyclic) bond motifs is 1. The molecule has 0 saturated heterocycles. The lowest BCUT2D eigenvalue weighted by molar-refractivity contribution is -0.122. The zero-order valence-electron chi connectivity index (χ0n) is 13.5. The smallest absolute Gasteiger partial charge is 0.220 e. The molecule has 0 aromatic carbocycles. The number of amides is 1. The Morgan fingerprint density at radius 2 is 2.17 bits per heavy atom. The summed E-state index contributed by atoms with van der Waals surface area (Å²) in [7, 11) is 0. The van der Waals surface area contributed by atoms with Crippen LogP contribution in [0.4, 0.5) is 0 Å². The van der Waals surface area contributed by atoms with Crippen molar-refractivity contribution in [3.63, 3.8) is 0 Å².